The molecule has 3 aromatic rings. The van der Waals surface area contributed by atoms with Crippen LogP contribution in [0.2, 0.25) is 0 Å². The predicted molar refractivity (Wildman–Crippen MR) is 129 cm³/mol. The van der Waals surface area contributed by atoms with E-state index < -0.39 is 0 Å². The first kappa shape index (κ1) is 23.2. The van der Waals surface area contributed by atoms with Gasteiger partial charge in [-0.3, -0.25) is 14.8 Å². The van der Waals surface area contributed by atoms with Crippen molar-refractivity contribution in [2.45, 2.75) is 23.1 Å². The highest BCUT2D eigenvalue weighted by atomic mass is 32.2. The van der Waals surface area contributed by atoms with E-state index in [1.54, 1.807) is 18.4 Å². The number of rotatable bonds is 10. The Hall–Kier alpha value is -2.00. The average molecular weight is 474 g/mol. The maximum absolute atomic E-state index is 14.6. The summed E-state index contributed by atoms with van der Waals surface area (Å²) in [5, 5.41) is 2.89. The molecule has 5 nitrogen and oxygen atoms in total. The van der Waals surface area contributed by atoms with Gasteiger partial charge in [0.05, 0.1) is 29.1 Å². The third kappa shape index (κ3) is 5.67. The summed E-state index contributed by atoms with van der Waals surface area (Å²) in [4.78, 5) is 20.6. The Labute approximate surface area is 196 Å². The van der Waals surface area contributed by atoms with E-state index in [-0.39, 0.29) is 11.9 Å². The van der Waals surface area contributed by atoms with Gasteiger partial charge in [0.15, 0.2) is 0 Å². The molecule has 0 N–H and O–H groups in total. The summed E-state index contributed by atoms with van der Waals surface area (Å²) in [6.45, 7) is 4.34. The van der Waals surface area contributed by atoms with Crippen LogP contribution in [0.15, 0.2) is 46.1 Å². The Kier molecular flexibility index (Phi) is 8.13. The molecule has 1 unspecified atom stereocenters. The van der Waals surface area contributed by atoms with Crippen LogP contribution in [-0.4, -0.2) is 72.7 Å². The van der Waals surface area contributed by atoms with E-state index in [4.69, 9.17) is 4.74 Å². The molecule has 0 bridgehead atoms. The van der Waals surface area contributed by atoms with Gasteiger partial charge in [-0.2, -0.15) is 0 Å². The molecule has 0 radical (unpaired) electrons. The largest absolute Gasteiger partial charge is 0.497 e. The number of methoxy groups -OCH3 is 1. The van der Waals surface area contributed by atoms with Crippen LogP contribution in [-0.2, 0) is 11.2 Å². The second-order valence-electron chi connectivity index (χ2n) is 7.89. The number of halogens is 1. The molecule has 0 amide bonds. The van der Waals surface area contributed by atoms with Crippen LogP contribution in [0.4, 0.5) is 4.39 Å². The van der Waals surface area contributed by atoms with E-state index in [1.807, 2.05) is 30.0 Å². The molecule has 32 heavy (non-hydrogen) atoms. The van der Waals surface area contributed by atoms with Gasteiger partial charge in [0.2, 0.25) is 0 Å². The van der Waals surface area contributed by atoms with Crippen molar-refractivity contribution in [1.82, 2.24) is 14.8 Å². The first-order chi connectivity index (χ1) is 15.7. The normalized spacial score (nSPS) is 17.6. The van der Waals surface area contributed by atoms with E-state index in [9.17, 15) is 9.18 Å². The first-order valence-electron chi connectivity index (χ1n) is 10.9. The topological polar surface area (TPSA) is 45.7 Å². The summed E-state index contributed by atoms with van der Waals surface area (Å²) >= 11 is 3.64. The van der Waals surface area contributed by atoms with Crippen molar-refractivity contribution in [1.29, 1.82) is 0 Å². The summed E-state index contributed by atoms with van der Waals surface area (Å²) in [7, 11) is 1.60. The molecule has 1 atom stereocenters. The van der Waals surface area contributed by atoms with Crippen LogP contribution < -0.4 is 4.74 Å². The van der Waals surface area contributed by atoms with E-state index in [2.05, 4.69) is 32.3 Å². The molecule has 170 valence electrons. The third-order valence-corrected chi connectivity index (χ3v) is 8.04. The van der Waals surface area contributed by atoms with Crippen LogP contribution in [0, 0.1) is 5.82 Å². The zero-order chi connectivity index (χ0) is 22.3. The van der Waals surface area contributed by atoms with Crippen molar-refractivity contribution in [3.8, 4) is 5.75 Å². The van der Waals surface area contributed by atoms with Gasteiger partial charge in [0.1, 0.15) is 17.9 Å². The molecule has 1 aliphatic rings. The summed E-state index contributed by atoms with van der Waals surface area (Å²) in [5.41, 5.74) is 1.43. The van der Waals surface area contributed by atoms with Crippen molar-refractivity contribution in [3.05, 3.63) is 53.3 Å². The lowest BCUT2D eigenvalue weighted by Gasteiger charge is -2.39. The van der Waals surface area contributed by atoms with Crippen LogP contribution in [0.3, 0.4) is 0 Å². The Balaban J connectivity index is 1.30. The van der Waals surface area contributed by atoms with Gasteiger partial charge in [-0.25, -0.2) is 4.39 Å². The van der Waals surface area contributed by atoms with Gasteiger partial charge in [-0.05, 0) is 54.6 Å². The van der Waals surface area contributed by atoms with E-state index in [0.29, 0.717) is 17.7 Å². The minimum Gasteiger partial charge on any atom is -0.497 e. The zero-order valence-corrected chi connectivity index (χ0v) is 19.8. The monoisotopic (exact) mass is 473 g/mol. The molecule has 1 aromatic carbocycles. The predicted octanol–water partition coefficient (Wildman–Crippen LogP) is 4.35. The molecule has 4 rings (SSSR count). The van der Waals surface area contributed by atoms with E-state index in [0.717, 1.165) is 62.1 Å². The number of aromatic nitrogens is 1. The first-order valence-corrected chi connectivity index (χ1v) is 12.7. The Bertz CT molecular complexity index is 1030. The molecule has 1 aliphatic heterocycles. The van der Waals surface area contributed by atoms with Crippen LogP contribution in [0.25, 0.3) is 10.9 Å². The number of carbonyl (C=O) groups is 1. The van der Waals surface area contributed by atoms with Gasteiger partial charge >= 0.3 is 0 Å². The zero-order valence-electron chi connectivity index (χ0n) is 18.2. The summed E-state index contributed by atoms with van der Waals surface area (Å²) < 4.78 is 21.2. The number of aryl methyl sites for hydroxylation is 1. The number of fused-ring (bicyclic) bond motifs is 1. The fourth-order valence-corrected chi connectivity index (χ4v) is 6.04. The molecule has 1 saturated heterocycles. The highest BCUT2D eigenvalue weighted by Gasteiger charge is 2.26. The number of pyridine rings is 1. The molecule has 3 heterocycles. The smallest absolute Gasteiger partial charge is 0.145 e. The number of carbonyl (C=O) groups excluding carboxylic acids is 1. The lowest BCUT2D eigenvalue weighted by molar-refractivity contribution is -0.114. The number of hydrogen-bond donors (Lipinski definition) is 0. The number of nitrogens with zero attached hydrogens (tertiary/aromatic N) is 3. The van der Waals surface area contributed by atoms with Crippen molar-refractivity contribution < 1.29 is 13.9 Å². The number of benzene rings is 1. The Morgan fingerprint density at radius 2 is 2.22 bits per heavy atom. The van der Waals surface area contributed by atoms with Crippen LogP contribution >= 0.6 is 23.1 Å². The SMILES string of the molecule is COc1ccc2ncc(F)c(CCCN3CCN(CCSc4cccs4)CC3C=O)c2c1. The molecule has 0 saturated carbocycles. The second kappa shape index (κ2) is 11.2. The number of piperazine rings is 1. The number of ether oxygens (including phenoxy) is 1. The van der Waals surface area contributed by atoms with Gasteiger partial charge in [0.25, 0.3) is 0 Å². The number of thioether (sulfide) groups is 1. The average Bonchev–Trinajstić information content (AvgIpc) is 3.34. The molecular weight excluding hydrogens is 445 g/mol. The number of thiophene rings is 1. The Morgan fingerprint density at radius 3 is 3.00 bits per heavy atom. The van der Waals surface area contributed by atoms with Crippen molar-refractivity contribution in [2.75, 3.05) is 45.6 Å². The van der Waals surface area contributed by atoms with Crippen LogP contribution in [0.5, 0.6) is 5.75 Å². The summed E-state index contributed by atoms with van der Waals surface area (Å²) in [5.74, 6) is 1.44. The quantitative estimate of drug-likeness (QED) is 0.322. The minimum absolute atomic E-state index is 0.102. The summed E-state index contributed by atoms with van der Waals surface area (Å²) in [6, 6.07) is 9.66. The molecule has 8 heteroatoms. The lowest BCUT2D eigenvalue weighted by atomic mass is 10.0. The van der Waals surface area contributed by atoms with Gasteiger partial charge in [-0.1, -0.05) is 6.07 Å². The van der Waals surface area contributed by atoms with Crippen LogP contribution in [0.1, 0.15) is 12.0 Å². The fraction of sp³-hybridized carbons (Fsp3) is 0.417. The Morgan fingerprint density at radius 1 is 1.31 bits per heavy atom. The van der Waals surface area contributed by atoms with Crippen molar-refractivity contribution in [2.24, 2.45) is 0 Å². The van der Waals surface area contributed by atoms with Crippen molar-refractivity contribution in [3.63, 3.8) is 0 Å². The third-order valence-electron chi connectivity index (χ3n) is 5.93. The maximum Gasteiger partial charge on any atom is 0.145 e. The fourth-order valence-electron chi connectivity index (χ4n) is 4.18. The number of aldehydes is 1. The second-order valence-corrected chi connectivity index (χ2v) is 10.2. The van der Waals surface area contributed by atoms with E-state index >= 15 is 0 Å². The van der Waals surface area contributed by atoms with Gasteiger partial charge in [-0.15, -0.1) is 23.1 Å². The molecular formula is C24H28FN3O2S2. The molecule has 1 fully saturated rings. The lowest BCUT2D eigenvalue weighted by Crippen LogP contribution is -2.54. The molecule has 0 spiro atoms. The summed E-state index contributed by atoms with van der Waals surface area (Å²) in [6.07, 6.45) is 3.74. The highest BCUT2D eigenvalue weighted by Crippen LogP contribution is 2.26. The van der Waals surface area contributed by atoms with Gasteiger partial charge in [0, 0.05) is 37.3 Å². The molecule has 2 aromatic heterocycles. The van der Waals surface area contributed by atoms with Gasteiger partial charge < -0.3 is 9.53 Å². The van der Waals surface area contributed by atoms with Crippen molar-refractivity contribution >= 4 is 40.3 Å². The number of hydrogen-bond acceptors (Lipinski definition) is 7. The maximum atomic E-state index is 14.6. The standard InChI is InChI=1S/C24H28FN3O2S2/c1-30-19-6-7-23-21(14-19)20(22(25)15-26-23)4-2-8-28-10-9-27(16-18(28)17-29)11-13-32-24-5-3-12-31-24/h3,5-7,12,14-15,17-18H,2,4,8-11,13,16H2,1H3. The minimum atomic E-state index is -0.286. The highest BCUT2D eigenvalue weighted by molar-refractivity contribution is 8.01. The van der Waals surface area contributed by atoms with E-state index in [1.165, 1.54) is 10.4 Å². The molecule has 0 aliphatic carbocycles.